The molecule has 0 saturated carbocycles. The average Bonchev–Trinajstić information content (AvgIpc) is 2.10. The van der Waals surface area contributed by atoms with Gasteiger partial charge in [0.25, 0.3) is 0 Å². The highest BCUT2D eigenvalue weighted by atomic mass is 16.4. The van der Waals surface area contributed by atoms with Crippen LogP contribution < -0.4 is 5.32 Å². The van der Waals surface area contributed by atoms with E-state index in [1.807, 2.05) is 0 Å². The SMILES string of the molecule is CCC(=O)CC[C@H](NC(C)=O)C(=O)O. The van der Waals surface area contributed by atoms with Crippen LogP contribution in [-0.2, 0) is 14.4 Å². The number of aliphatic carboxylic acids is 1. The van der Waals surface area contributed by atoms with E-state index in [1.165, 1.54) is 6.92 Å². The third-order valence-electron chi connectivity index (χ3n) is 1.78. The molecule has 80 valence electrons. The molecule has 0 saturated heterocycles. The van der Waals surface area contributed by atoms with Crippen LogP contribution in [0.25, 0.3) is 0 Å². The first-order valence-electron chi connectivity index (χ1n) is 4.49. The van der Waals surface area contributed by atoms with Crippen LogP contribution in [-0.4, -0.2) is 28.8 Å². The minimum absolute atomic E-state index is 0.00148. The summed E-state index contributed by atoms with van der Waals surface area (Å²) in [4.78, 5) is 32.1. The molecule has 0 aliphatic rings. The van der Waals surface area contributed by atoms with Gasteiger partial charge in [-0.1, -0.05) is 6.92 Å². The Morgan fingerprint density at radius 3 is 2.29 bits per heavy atom. The van der Waals surface area contributed by atoms with Crippen molar-refractivity contribution in [2.45, 2.75) is 39.2 Å². The molecule has 14 heavy (non-hydrogen) atoms. The normalized spacial score (nSPS) is 11.9. The molecule has 0 radical (unpaired) electrons. The summed E-state index contributed by atoms with van der Waals surface area (Å²) in [5.41, 5.74) is 0. The maximum absolute atomic E-state index is 10.9. The number of amides is 1. The second-order valence-electron chi connectivity index (χ2n) is 3.02. The van der Waals surface area contributed by atoms with Crippen LogP contribution in [0.5, 0.6) is 0 Å². The zero-order chi connectivity index (χ0) is 11.1. The molecule has 0 aromatic carbocycles. The molecule has 0 aromatic rings. The summed E-state index contributed by atoms with van der Waals surface area (Å²) < 4.78 is 0. The fourth-order valence-corrected chi connectivity index (χ4v) is 0.985. The molecule has 2 N–H and O–H groups in total. The number of carbonyl (C=O) groups excluding carboxylic acids is 2. The molecule has 1 atom stereocenters. The Morgan fingerprint density at radius 1 is 1.36 bits per heavy atom. The minimum Gasteiger partial charge on any atom is -0.480 e. The number of ketones is 1. The molecule has 1 amide bonds. The highest BCUT2D eigenvalue weighted by molar-refractivity contribution is 5.83. The number of Topliss-reactive ketones (excluding diaryl/α,β-unsaturated/α-hetero) is 1. The van der Waals surface area contributed by atoms with Gasteiger partial charge in [-0.05, 0) is 6.42 Å². The zero-order valence-electron chi connectivity index (χ0n) is 8.37. The summed E-state index contributed by atoms with van der Waals surface area (Å²) in [6.45, 7) is 2.97. The summed E-state index contributed by atoms with van der Waals surface area (Å²) in [5, 5.41) is 10.9. The molecule has 0 spiro atoms. The number of carboxylic acids is 1. The summed E-state index contributed by atoms with van der Waals surface area (Å²) in [7, 11) is 0. The summed E-state index contributed by atoms with van der Waals surface area (Å²) in [6, 6.07) is -0.956. The maximum atomic E-state index is 10.9. The second-order valence-corrected chi connectivity index (χ2v) is 3.02. The lowest BCUT2D eigenvalue weighted by Gasteiger charge is -2.11. The van der Waals surface area contributed by atoms with Crippen LogP contribution in [0.15, 0.2) is 0 Å². The van der Waals surface area contributed by atoms with Gasteiger partial charge in [0.2, 0.25) is 5.91 Å². The van der Waals surface area contributed by atoms with Crippen LogP contribution in [0.1, 0.15) is 33.1 Å². The van der Waals surface area contributed by atoms with E-state index in [-0.39, 0.29) is 18.6 Å². The lowest BCUT2D eigenvalue weighted by molar-refractivity contribution is -0.141. The maximum Gasteiger partial charge on any atom is 0.326 e. The van der Waals surface area contributed by atoms with Gasteiger partial charge in [0, 0.05) is 19.8 Å². The van der Waals surface area contributed by atoms with Crippen LogP contribution >= 0.6 is 0 Å². The molecular weight excluding hydrogens is 186 g/mol. The van der Waals surface area contributed by atoms with Crippen molar-refractivity contribution in [1.29, 1.82) is 0 Å². The van der Waals surface area contributed by atoms with Crippen molar-refractivity contribution in [1.82, 2.24) is 5.32 Å². The molecular formula is C9H15NO4. The largest absolute Gasteiger partial charge is 0.480 e. The van der Waals surface area contributed by atoms with Crippen LogP contribution in [0.2, 0.25) is 0 Å². The first kappa shape index (κ1) is 12.6. The highest BCUT2D eigenvalue weighted by Crippen LogP contribution is 2.00. The Morgan fingerprint density at radius 2 is 1.93 bits per heavy atom. The summed E-state index contributed by atoms with van der Waals surface area (Å²) in [6.07, 6.45) is 0.738. The van der Waals surface area contributed by atoms with Crippen molar-refractivity contribution in [3.63, 3.8) is 0 Å². The van der Waals surface area contributed by atoms with Crippen molar-refractivity contribution < 1.29 is 19.5 Å². The lowest BCUT2D eigenvalue weighted by atomic mass is 10.1. The van der Waals surface area contributed by atoms with E-state index in [9.17, 15) is 14.4 Å². The van der Waals surface area contributed by atoms with Gasteiger partial charge in [-0.15, -0.1) is 0 Å². The number of hydrogen-bond donors (Lipinski definition) is 2. The van der Waals surface area contributed by atoms with Gasteiger partial charge in [-0.25, -0.2) is 4.79 Å². The third-order valence-corrected chi connectivity index (χ3v) is 1.78. The fourth-order valence-electron chi connectivity index (χ4n) is 0.985. The predicted octanol–water partition coefficient (Wildman–Crippen LogP) is 0.335. The summed E-state index contributed by atoms with van der Waals surface area (Å²) in [5.74, 6) is -1.51. The summed E-state index contributed by atoms with van der Waals surface area (Å²) >= 11 is 0. The first-order valence-corrected chi connectivity index (χ1v) is 4.49. The molecule has 0 bridgehead atoms. The average molecular weight is 201 g/mol. The van der Waals surface area contributed by atoms with E-state index in [4.69, 9.17) is 5.11 Å². The molecule has 0 unspecified atom stereocenters. The highest BCUT2D eigenvalue weighted by Gasteiger charge is 2.18. The number of carbonyl (C=O) groups is 3. The Hall–Kier alpha value is -1.39. The first-order chi connectivity index (χ1) is 6.47. The standard InChI is InChI=1S/C9H15NO4/c1-3-7(12)4-5-8(9(13)14)10-6(2)11/h8H,3-5H2,1-2H3,(H,10,11)(H,13,14)/t8-/m0/s1. The number of hydrogen-bond acceptors (Lipinski definition) is 3. The topological polar surface area (TPSA) is 83.5 Å². The monoisotopic (exact) mass is 201 g/mol. The van der Waals surface area contributed by atoms with Crippen LogP contribution in [0, 0.1) is 0 Å². The predicted molar refractivity (Wildman–Crippen MR) is 49.8 cm³/mol. The van der Waals surface area contributed by atoms with Crippen molar-refractivity contribution >= 4 is 17.7 Å². The Bertz CT molecular complexity index is 237. The van der Waals surface area contributed by atoms with E-state index < -0.39 is 17.9 Å². The molecule has 5 heteroatoms. The number of rotatable bonds is 6. The van der Waals surface area contributed by atoms with Crippen molar-refractivity contribution in [2.75, 3.05) is 0 Å². The van der Waals surface area contributed by atoms with Gasteiger partial charge < -0.3 is 10.4 Å². The van der Waals surface area contributed by atoms with Crippen molar-refractivity contribution in [3.05, 3.63) is 0 Å². The van der Waals surface area contributed by atoms with Gasteiger partial charge in [-0.3, -0.25) is 9.59 Å². The van der Waals surface area contributed by atoms with E-state index in [2.05, 4.69) is 5.32 Å². The van der Waals surface area contributed by atoms with Gasteiger partial charge in [0.15, 0.2) is 0 Å². The number of nitrogens with one attached hydrogen (secondary N) is 1. The van der Waals surface area contributed by atoms with E-state index in [0.29, 0.717) is 6.42 Å². The smallest absolute Gasteiger partial charge is 0.326 e. The zero-order valence-corrected chi connectivity index (χ0v) is 8.37. The van der Waals surface area contributed by atoms with Gasteiger partial charge >= 0.3 is 5.97 Å². The van der Waals surface area contributed by atoms with Crippen LogP contribution in [0.4, 0.5) is 0 Å². The number of carboxylic acid groups (broad SMARTS) is 1. The Kier molecular flexibility index (Phi) is 5.52. The third kappa shape index (κ3) is 5.29. The van der Waals surface area contributed by atoms with Gasteiger partial charge in [0.05, 0.1) is 0 Å². The molecule has 0 aromatic heterocycles. The van der Waals surface area contributed by atoms with E-state index in [1.54, 1.807) is 6.92 Å². The lowest BCUT2D eigenvalue weighted by Crippen LogP contribution is -2.39. The van der Waals surface area contributed by atoms with Crippen molar-refractivity contribution in [3.8, 4) is 0 Å². The molecule has 0 aliphatic heterocycles. The molecule has 0 aliphatic carbocycles. The second kappa shape index (κ2) is 6.12. The fraction of sp³-hybridized carbons (Fsp3) is 0.667. The molecule has 0 fully saturated rings. The van der Waals surface area contributed by atoms with Gasteiger partial charge in [-0.2, -0.15) is 0 Å². The Labute approximate surface area is 82.5 Å². The van der Waals surface area contributed by atoms with E-state index in [0.717, 1.165) is 0 Å². The minimum atomic E-state index is -1.11. The van der Waals surface area contributed by atoms with Crippen molar-refractivity contribution in [2.24, 2.45) is 0 Å². The van der Waals surface area contributed by atoms with E-state index >= 15 is 0 Å². The van der Waals surface area contributed by atoms with Crippen LogP contribution in [0.3, 0.4) is 0 Å². The Balaban J connectivity index is 4.04. The molecule has 0 rings (SSSR count). The molecule has 0 heterocycles. The molecule has 5 nitrogen and oxygen atoms in total. The quantitative estimate of drug-likeness (QED) is 0.648. The van der Waals surface area contributed by atoms with Gasteiger partial charge in [0.1, 0.15) is 11.8 Å².